The lowest BCUT2D eigenvalue weighted by Crippen LogP contribution is -2.41. The highest BCUT2D eigenvalue weighted by Crippen LogP contribution is 2.34. The van der Waals surface area contributed by atoms with Gasteiger partial charge in [-0.3, -0.25) is 38.2 Å². The van der Waals surface area contributed by atoms with Crippen LogP contribution in [-0.2, 0) is 16.6 Å². The molecular weight excluding hydrogens is 704 g/mol. The van der Waals surface area contributed by atoms with Crippen LogP contribution in [0.3, 0.4) is 0 Å². The summed E-state index contributed by atoms with van der Waals surface area (Å²) in [6, 6.07) is 15.7. The maximum Gasteiger partial charge on any atom is 0.336 e. The lowest BCUT2D eigenvalue weighted by atomic mass is 9.91. The number of aromatic nitrogens is 4. The van der Waals surface area contributed by atoms with Crippen LogP contribution in [0.5, 0.6) is 0 Å². The van der Waals surface area contributed by atoms with Crippen molar-refractivity contribution in [2.75, 3.05) is 35.2 Å². The number of fused-ring (bicyclic) bond motifs is 1. The molecule has 2 aromatic carbocycles. The van der Waals surface area contributed by atoms with Gasteiger partial charge in [0.05, 0.1) is 22.8 Å². The summed E-state index contributed by atoms with van der Waals surface area (Å²) in [6.45, 7) is 5.72. The molecule has 14 heteroatoms. The third kappa shape index (κ3) is 6.81. The summed E-state index contributed by atoms with van der Waals surface area (Å²) in [5, 5.41) is 9.11. The van der Waals surface area contributed by atoms with Crippen LogP contribution in [0.1, 0.15) is 67.2 Å². The molecule has 1 atom stereocenters. The summed E-state index contributed by atoms with van der Waals surface area (Å²) in [4.78, 5) is 72.9. The number of carbonyl (C=O) groups is 2. The molecule has 0 bridgehead atoms. The van der Waals surface area contributed by atoms with Crippen LogP contribution in [0.2, 0.25) is 0 Å². The fraction of sp³-hybridized carbons (Fsp3) is 0.366. The lowest BCUT2D eigenvalue weighted by molar-refractivity contribution is -0.134. The van der Waals surface area contributed by atoms with E-state index >= 15 is 4.39 Å². The van der Waals surface area contributed by atoms with Gasteiger partial charge in [0.25, 0.3) is 11.1 Å². The first-order valence-electron chi connectivity index (χ1n) is 18.8. The highest BCUT2D eigenvalue weighted by atomic mass is 19.1. The van der Waals surface area contributed by atoms with E-state index in [0.29, 0.717) is 43.8 Å². The molecule has 5 aromatic rings. The highest BCUT2D eigenvalue weighted by Gasteiger charge is 2.32. The van der Waals surface area contributed by atoms with Gasteiger partial charge in [0.2, 0.25) is 11.8 Å². The summed E-state index contributed by atoms with van der Waals surface area (Å²) >= 11 is 0. The van der Waals surface area contributed by atoms with Crippen molar-refractivity contribution in [3.05, 3.63) is 114 Å². The SMILES string of the molecule is Cc1ccc(Nc2c3c(=O)n(C4CC4)c(=O)n(-c4cccc(NCC5CCN(c6ccc(C7CCC(=O)NC7=O)cn6)CC5)c4)c3c(C)c(=O)n2C)c(F)c1. The van der Waals surface area contributed by atoms with Crippen molar-refractivity contribution in [1.29, 1.82) is 0 Å². The molecule has 0 spiro atoms. The normalized spacial score (nSPS) is 17.7. The zero-order chi connectivity index (χ0) is 38.5. The number of halogens is 1. The van der Waals surface area contributed by atoms with E-state index in [0.717, 1.165) is 48.6 Å². The van der Waals surface area contributed by atoms with Crippen molar-refractivity contribution in [1.82, 2.24) is 24.0 Å². The number of hydrogen-bond acceptors (Lipinski definition) is 9. The second-order valence-corrected chi connectivity index (χ2v) is 15.0. The number of imide groups is 1. The number of rotatable bonds is 9. The average molecular weight is 747 g/mol. The summed E-state index contributed by atoms with van der Waals surface area (Å²) in [5.41, 5.74) is 1.89. The van der Waals surface area contributed by atoms with Crippen LogP contribution >= 0.6 is 0 Å². The largest absolute Gasteiger partial charge is 0.385 e. The first-order valence-corrected chi connectivity index (χ1v) is 18.8. The van der Waals surface area contributed by atoms with E-state index in [9.17, 15) is 24.0 Å². The van der Waals surface area contributed by atoms with Gasteiger partial charge in [-0.05, 0) is 99.4 Å². The van der Waals surface area contributed by atoms with E-state index in [4.69, 9.17) is 0 Å². The number of amides is 2. The number of aryl methyl sites for hydroxylation is 2. The van der Waals surface area contributed by atoms with Crippen LogP contribution in [0.4, 0.5) is 27.4 Å². The Hall–Kier alpha value is -6.05. The molecule has 1 aliphatic carbocycles. The van der Waals surface area contributed by atoms with Gasteiger partial charge in [-0.2, -0.15) is 0 Å². The fourth-order valence-electron chi connectivity index (χ4n) is 7.89. The van der Waals surface area contributed by atoms with Gasteiger partial charge < -0.3 is 15.5 Å². The maximum atomic E-state index is 15.1. The minimum absolute atomic E-state index is 0.108. The van der Waals surface area contributed by atoms with E-state index in [1.54, 1.807) is 38.2 Å². The second-order valence-electron chi connectivity index (χ2n) is 15.0. The van der Waals surface area contributed by atoms with Gasteiger partial charge in [-0.1, -0.05) is 18.2 Å². The molecule has 13 nitrogen and oxygen atoms in total. The molecule has 1 saturated carbocycles. The Kier molecular flexibility index (Phi) is 9.35. The molecule has 5 heterocycles. The zero-order valence-corrected chi connectivity index (χ0v) is 31.0. The molecule has 3 aromatic heterocycles. The number of anilines is 4. The quantitative estimate of drug-likeness (QED) is 0.178. The Morgan fingerprint density at radius 1 is 0.909 bits per heavy atom. The molecule has 0 radical (unpaired) electrons. The predicted octanol–water partition coefficient (Wildman–Crippen LogP) is 4.93. The Bertz CT molecular complexity index is 2530. The van der Waals surface area contributed by atoms with E-state index in [2.05, 4.69) is 25.8 Å². The van der Waals surface area contributed by atoms with E-state index < -0.39 is 22.6 Å². The summed E-state index contributed by atoms with van der Waals surface area (Å²) in [6.07, 6.45) is 5.78. The van der Waals surface area contributed by atoms with Gasteiger partial charge >= 0.3 is 5.69 Å². The van der Waals surface area contributed by atoms with E-state index in [-0.39, 0.29) is 51.7 Å². The predicted molar refractivity (Wildman–Crippen MR) is 209 cm³/mol. The van der Waals surface area contributed by atoms with Crippen molar-refractivity contribution >= 4 is 45.7 Å². The van der Waals surface area contributed by atoms with Crippen molar-refractivity contribution in [2.24, 2.45) is 13.0 Å². The maximum absolute atomic E-state index is 15.1. The third-order valence-electron chi connectivity index (χ3n) is 11.2. The molecule has 8 rings (SSSR count). The highest BCUT2D eigenvalue weighted by molar-refractivity contribution is 6.01. The Balaban J connectivity index is 1.04. The topological polar surface area (TPSA) is 152 Å². The number of nitrogens with one attached hydrogen (secondary N) is 3. The first-order chi connectivity index (χ1) is 26.5. The minimum atomic E-state index is -0.529. The number of carbonyl (C=O) groups excluding carboxylic acids is 2. The molecule has 3 N–H and O–H groups in total. The molecule has 3 aliphatic rings. The number of hydrogen-bond donors (Lipinski definition) is 3. The lowest BCUT2D eigenvalue weighted by Gasteiger charge is -2.33. The fourth-order valence-corrected chi connectivity index (χ4v) is 7.89. The number of benzene rings is 2. The smallest absolute Gasteiger partial charge is 0.336 e. The zero-order valence-electron chi connectivity index (χ0n) is 31.0. The third-order valence-corrected chi connectivity index (χ3v) is 11.2. The van der Waals surface area contributed by atoms with Gasteiger partial charge in [0, 0.05) is 56.6 Å². The Labute approximate surface area is 315 Å². The van der Waals surface area contributed by atoms with Gasteiger partial charge in [-0.25, -0.2) is 14.2 Å². The van der Waals surface area contributed by atoms with Gasteiger partial charge in [0.15, 0.2) is 0 Å². The van der Waals surface area contributed by atoms with E-state index in [1.165, 1.54) is 26.8 Å². The van der Waals surface area contributed by atoms with Crippen LogP contribution in [0.15, 0.2) is 75.2 Å². The monoisotopic (exact) mass is 746 g/mol. The molecule has 1 unspecified atom stereocenters. The second kappa shape index (κ2) is 14.3. The molecule has 3 fully saturated rings. The van der Waals surface area contributed by atoms with Crippen molar-refractivity contribution in [3.8, 4) is 5.69 Å². The van der Waals surface area contributed by atoms with Crippen molar-refractivity contribution < 1.29 is 14.0 Å². The van der Waals surface area contributed by atoms with Crippen LogP contribution in [-0.4, -0.2) is 50.1 Å². The summed E-state index contributed by atoms with van der Waals surface area (Å²) in [7, 11) is 1.53. The van der Waals surface area contributed by atoms with Gasteiger partial charge in [0.1, 0.15) is 22.8 Å². The Morgan fingerprint density at radius 3 is 2.38 bits per heavy atom. The number of pyridine rings is 2. The van der Waals surface area contributed by atoms with Crippen molar-refractivity contribution in [2.45, 2.75) is 64.3 Å². The molecule has 55 heavy (non-hydrogen) atoms. The molecule has 2 saturated heterocycles. The molecule has 2 amide bonds. The molecule has 284 valence electrons. The molecule has 2 aliphatic heterocycles. The van der Waals surface area contributed by atoms with E-state index in [1.807, 2.05) is 30.3 Å². The summed E-state index contributed by atoms with van der Waals surface area (Å²) < 4.78 is 19.1. The average Bonchev–Trinajstić information content (AvgIpc) is 4.01. The van der Waals surface area contributed by atoms with Crippen LogP contribution < -0.4 is 37.7 Å². The number of nitrogens with zero attached hydrogens (tertiary/aromatic N) is 5. The van der Waals surface area contributed by atoms with Gasteiger partial charge in [-0.15, -0.1) is 0 Å². The minimum Gasteiger partial charge on any atom is -0.385 e. The number of piperidine rings is 2. The standard InChI is InChI=1S/C41H43FN8O5/c1-23-7-12-32(31(42)19-23)45-37-35-36(24(2)39(53)47(37)3)49(41(55)50(40(35)54)28-9-10-28)29-6-4-5-27(20-29)43-21-25-15-17-48(18-16-25)33-13-8-26(22-44-33)30-11-14-34(51)46-38(30)52/h4-8,12-13,19-20,22,25,28,30,43,45H,9-11,14-18,21H2,1-3H3,(H,46,51,52). The van der Waals surface area contributed by atoms with Crippen molar-refractivity contribution in [3.63, 3.8) is 0 Å². The summed E-state index contributed by atoms with van der Waals surface area (Å²) in [5.74, 6) is -0.0526. The Morgan fingerprint density at radius 2 is 1.69 bits per heavy atom. The molecular formula is C41H43FN8O5. The van der Waals surface area contributed by atoms with Crippen LogP contribution in [0.25, 0.3) is 16.6 Å². The first kappa shape index (κ1) is 36.0. The van der Waals surface area contributed by atoms with Crippen LogP contribution in [0, 0.1) is 25.6 Å².